The minimum absolute atomic E-state index is 0.0162. The summed E-state index contributed by atoms with van der Waals surface area (Å²) in [6, 6.07) is 8.67. The zero-order valence-corrected chi connectivity index (χ0v) is 13.5. The van der Waals surface area contributed by atoms with E-state index >= 15 is 0 Å². The summed E-state index contributed by atoms with van der Waals surface area (Å²) >= 11 is 6.73. The van der Waals surface area contributed by atoms with Crippen molar-refractivity contribution in [3.63, 3.8) is 0 Å². The van der Waals surface area contributed by atoms with E-state index in [0.29, 0.717) is 12.0 Å². The minimum atomic E-state index is -4.84. The quantitative estimate of drug-likeness (QED) is 0.679. The van der Waals surface area contributed by atoms with E-state index in [9.17, 15) is 18.0 Å². The predicted molar refractivity (Wildman–Crippen MR) is 76.6 cm³/mol. The van der Waals surface area contributed by atoms with Gasteiger partial charge in [-0.05, 0) is 12.0 Å². The number of hydrogen-bond acceptors (Lipinski definition) is 1. The summed E-state index contributed by atoms with van der Waals surface area (Å²) in [5, 5.41) is 0. The van der Waals surface area contributed by atoms with Crippen LogP contribution in [0.4, 0.5) is 13.2 Å². The molecule has 1 saturated carbocycles. The van der Waals surface area contributed by atoms with E-state index < -0.39 is 12.1 Å². The van der Waals surface area contributed by atoms with Crippen molar-refractivity contribution in [2.24, 2.45) is 5.92 Å². The van der Waals surface area contributed by atoms with E-state index in [0.717, 1.165) is 4.90 Å². The molecule has 20 heavy (non-hydrogen) atoms. The lowest BCUT2D eigenvalue weighted by molar-refractivity contribution is -0.186. The van der Waals surface area contributed by atoms with Crippen molar-refractivity contribution in [2.75, 3.05) is 6.54 Å². The Labute approximate surface area is 131 Å². The number of carbonyl (C=O) groups excluding carboxylic acids is 1. The summed E-state index contributed by atoms with van der Waals surface area (Å²) in [7, 11) is 0. The third-order valence-electron chi connectivity index (χ3n) is 3.14. The number of hydrogen-bond donors (Lipinski definition) is 0. The average molecular weight is 415 g/mol. The summed E-state index contributed by atoms with van der Waals surface area (Å²) in [5.41, 5.74) is 0.681. The molecule has 0 unspecified atom stereocenters. The van der Waals surface area contributed by atoms with Gasteiger partial charge in [-0.3, -0.25) is 4.79 Å². The largest absolute Gasteiger partial charge is 0.471 e. The zero-order chi connectivity index (χ0) is 15.0. The molecule has 0 saturated heterocycles. The van der Waals surface area contributed by atoms with E-state index in [1.807, 2.05) is 0 Å². The molecule has 0 aliphatic heterocycles. The average Bonchev–Trinajstić information content (AvgIpc) is 2.95. The molecule has 2 nitrogen and oxygen atoms in total. The van der Waals surface area contributed by atoms with Gasteiger partial charge in [0.1, 0.15) is 0 Å². The molecule has 1 amide bonds. The number of halogens is 5. The number of benzene rings is 1. The fraction of sp³-hybridized carbons (Fsp3) is 0.462. The Bertz CT molecular complexity index is 490. The highest BCUT2D eigenvalue weighted by Gasteiger charge is 2.53. The van der Waals surface area contributed by atoms with Crippen LogP contribution in [0, 0.1) is 5.92 Å². The number of alkyl halides is 5. The maximum atomic E-state index is 12.7. The van der Waals surface area contributed by atoms with Crippen molar-refractivity contribution in [2.45, 2.75) is 22.4 Å². The Morgan fingerprint density at radius 2 is 1.85 bits per heavy atom. The van der Waals surface area contributed by atoms with E-state index in [2.05, 4.69) is 31.9 Å². The van der Waals surface area contributed by atoms with Gasteiger partial charge in [-0.1, -0.05) is 62.2 Å². The van der Waals surface area contributed by atoms with Crippen LogP contribution in [0.25, 0.3) is 0 Å². The fourth-order valence-electron chi connectivity index (χ4n) is 1.94. The third kappa shape index (κ3) is 3.97. The highest BCUT2D eigenvalue weighted by atomic mass is 79.9. The summed E-state index contributed by atoms with van der Waals surface area (Å²) in [4.78, 5) is 12.4. The Hall–Kier alpha value is -0.560. The highest BCUT2D eigenvalue weighted by molar-refractivity contribution is 9.25. The highest BCUT2D eigenvalue weighted by Crippen LogP contribution is 2.56. The Kier molecular flexibility index (Phi) is 4.49. The van der Waals surface area contributed by atoms with Crippen LogP contribution >= 0.6 is 31.9 Å². The van der Waals surface area contributed by atoms with Crippen LogP contribution in [-0.4, -0.2) is 26.8 Å². The van der Waals surface area contributed by atoms with E-state index in [4.69, 9.17) is 0 Å². The maximum absolute atomic E-state index is 12.7. The van der Waals surface area contributed by atoms with Crippen LogP contribution in [0.1, 0.15) is 12.0 Å². The molecule has 0 heterocycles. The lowest BCUT2D eigenvalue weighted by Crippen LogP contribution is -2.42. The number of nitrogens with zero attached hydrogens (tertiary/aromatic N) is 1. The maximum Gasteiger partial charge on any atom is 0.471 e. The van der Waals surface area contributed by atoms with Gasteiger partial charge >= 0.3 is 12.1 Å². The first-order chi connectivity index (χ1) is 9.20. The van der Waals surface area contributed by atoms with Gasteiger partial charge in [0.25, 0.3) is 0 Å². The summed E-state index contributed by atoms with van der Waals surface area (Å²) in [5.74, 6) is -1.80. The van der Waals surface area contributed by atoms with Crippen molar-refractivity contribution in [1.29, 1.82) is 0 Å². The molecule has 0 aromatic heterocycles. The van der Waals surface area contributed by atoms with Crippen LogP contribution in [0.15, 0.2) is 30.3 Å². The predicted octanol–water partition coefficient (Wildman–Crippen LogP) is 4.08. The van der Waals surface area contributed by atoms with Crippen LogP contribution in [0.2, 0.25) is 0 Å². The van der Waals surface area contributed by atoms with Gasteiger partial charge in [0.2, 0.25) is 0 Å². The Morgan fingerprint density at radius 1 is 1.30 bits per heavy atom. The summed E-state index contributed by atoms with van der Waals surface area (Å²) in [6.07, 6.45) is -4.14. The molecule has 7 heteroatoms. The lowest BCUT2D eigenvalue weighted by atomic mass is 10.2. The molecule has 2 rings (SSSR count). The summed E-state index contributed by atoms with van der Waals surface area (Å²) < 4.78 is 37.6. The summed E-state index contributed by atoms with van der Waals surface area (Å²) in [6.45, 7) is 0.0372. The van der Waals surface area contributed by atoms with Gasteiger partial charge in [-0.15, -0.1) is 0 Å². The smallest absolute Gasteiger partial charge is 0.330 e. The molecule has 0 N–H and O–H groups in total. The second-order valence-corrected chi connectivity index (χ2v) is 8.73. The molecule has 0 radical (unpaired) electrons. The topological polar surface area (TPSA) is 20.3 Å². The van der Waals surface area contributed by atoms with Gasteiger partial charge in [0.15, 0.2) is 0 Å². The van der Waals surface area contributed by atoms with Crippen molar-refractivity contribution in [3.05, 3.63) is 35.9 Å². The monoisotopic (exact) mass is 413 g/mol. The van der Waals surface area contributed by atoms with Gasteiger partial charge in [0.05, 0.1) is 3.23 Å². The molecule has 1 aromatic carbocycles. The van der Waals surface area contributed by atoms with Crippen LogP contribution in [0.5, 0.6) is 0 Å². The van der Waals surface area contributed by atoms with Crippen molar-refractivity contribution < 1.29 is 18.0 Å². The Balaban J connectivity index is 2.10. The van der Waals surface area contributed by atoms with Crippen molar-refractivity contribution in [3.8, 4) is 0 Å². The second kappa shape index (κ2) is 5.67. The van der Waals surface area contributed by atoms with E-state index in [-0.39, 0.29) is 22.2 Å². The van der Waals surface area contributed by atoms with Crippen LogP contribution in [0.3, 0.4) is 0 Å². The standard InChI is InChI=1S/C13H12Br2F3NO/c14-12(15)6-10(12)8-19(11(20)13(16,17)18)7-9-4-2-1-3-5-9/h1-5,10H,6-8H2/t10-/m1/s1. The molecule has 0 spiro atoms. The third-order valence-corrected chi connectivity index (χ3v) is 5.08. The molecule has 1 atom stereocenters. The van der Waals surface area contributed by atoms with Gasteiger partial charge in [0, 0.05) is 19.0 Å². The van der Waals surface area contributed by atoms with E-state index in [1.54, 1.807) is 30.3 Å². The number of rotatable bonds is 4. The first-order valence-corrected chi connectivity index (χ1v) is 7.56. The van der Waals surface area contributed by atoms with Gasteiger partial charge in [-0.25, -0.2) is 0 Å². The molecule has 1 aliphatic rings. The first-order valence-electron chi connectivity index (χ1n) is 5.98. The molecule has 110 valence electrons. The van der Waals surface area contributed by atoms with Crippen LogP contribution < -0.4 is 0 Å². The van der Waals surface area contributed by atoms with Crippen molar-refractivity contribution in [1.82, 2.24) is 4.90 Å². The fourth-order valence-corrected chi connectivity index (χ4v) is 3.01. The minimum Gasteiger partial charge on any atom is -0.330 e. The molecule has 1 aromatic rings. The lowest BCUT2D eigenvalue weighted by Gasteiger charge is -2.24. The molecule has 1 fully saturated rings. The van der Waals surface area contributed by atoms with Crippen LogP contribution in [-0.2, 0) is 11.3 Å². The SMILES string of the molecule is O=C(N(Cc1ccccc1)C[C@H]1CC1(Br)Br)C(F)(F)F. The number of carbonyl (C=O) groups is 1. The van der Waals surface area contributed by atoms with E-state index in [1.165, 1.54) is 0 Å². The van der Waals surface area contributed by atoms with Crippen molar-refractivity contribution >= 4 is 37.8 Å². The van der Waals surface area contributed by atoms with Gasteiger partial charge in [-0.2, -0.15) is 13.2 Å². The van der Waals surface area contributed by atoms with Gasteiger partial charge < -0.3 is 4.90 Å². The molecular weight excluding hydrogens is 403 g/mol. The molecular formula is C13H12Br2F3NO. The zero-order valence-electron chi connectivity index (χ0n) is 10.3. The molecule has 1 aliphatic carbocycles. The number of amides is 1. The Morgan fingerprint density at radius 3 is 2.30 bits per heavy atom. The first kappa shape index (κ1) is 15.8. The normalized spacial score (nSPS) is 20.6. The second-order valence-electron chi connectivity index (χ2n) is 4.83. The molecule has 0 bridgehead atoms.